The lowest BCUT2D eigenvalue weighted by Gasteiger charge is -2.00. The van der Waals surface area contributed by atoms with Gasteiger partial charge in [0.2, 0.25) is 0 Å². The molecule has 1 N–H and O–H groups in total. The molecule has 0 unspecified atom stereocenters. The molecule has 0 aliphatic heterocycles. The van der Waals surface area contributed by atoms with Gasteiger partial charge in [-0.3, -0.25) is 0 Å². The average molecular weight is 168 g/mol. The highest BCUT2D eigenvalue weighted by Crippen LogP contribution is 2.19. The van der Waals surface area contributed by atoms with Crippen LogP contribution in [0.1, 0.15) is 5.56 Å². The first-order valence-corrected chi connectivity index (χ1v) is 3.63. The number of benzene rings is 1. The van der Waals surface area contributed by atoms with E-state index in [4.69, 9.17) is 5.11 Å². The molecule has 0 fully saturated rings. The molecule has 0 amide bonds. The summed E-state index contributed by atoms with van der Waals surface area (Å²) in [5.74, 6) is 0.166. The van der Waals surface area contributed by atoms with Gasteiger partial charge in [-0.25, -0.2) is 0 Å². The number of phenolic OH excluding ortho intramolecular Hbond substituents is 1. The van der Waals surface area contributed by atoms with Crippen molar-refractivity contribution in [1.29, 1.82) is 0 Å². The van der Waals surface area contributed by atoms with Gasteiger partial charge in [0.15, 0.2) is 0 Å². The molecule has 0 saturated heterocycles. The maximum atomic E-state index is 10.1. The van der Waals surface area contributed by atoms with Gasteiger partial charge >= 0.3 is 0 Å². The topological polar surface area (TPSA) is 37.3 Å². The minimum Gasteiger partial charge on any atom is -0.508 e. The molecule has 1 aromatic rings. The number of hydrogen-bond donors (Lipinski definition) is 2. The minimum atomic E-state index is 0.166. The molecule has 1 rings (SSSR count). The summed E-state index contributed by atoms with van der Waals surface area (Å²) in [6.07, 6.45) is 1.09. The van der Waals surface area contributed by atoms with E-state index in [0.29, 0.717) is 6.42 Å². The second kappa shape index (κ2) is 3.44. The van der Waals surface area contributed by atoms with Crippen LogP contribution in [-0.4, -0.2) is 11.4 Å². The Hall–Kier alpha value is -0.960. The molecular formula is C8H8O2S. The van der Waals surface area contributed by atoms with E-state index >= 15 is 0 Å². The highest BCUT2D eigenvalue weighted by molar-refractivity contribution is 7.80. The third kappa shape index (κ3) is 1.98. The van der Waals surface area contributed by atoms with Gasteiger partial charge in [-0.2, -0.15) is 0 Å². The van der Waals surface area contributed by atoms with Crippen LogP contribution < -0.4 is 0 Å². The SMILES string of the molecule is O=CCc1cc(O)ccc1S. The van der Waals surface area contributed by atoms with Crippen molar-refractivity contribution in [2.24, 2.45) is 0 Å². The van der Waals surface area contributed by atoms with Crippen LogP contribution in [0.15, 0.2) is 23.1 Å². The van der Waals surface area contributed by atoms with Gasteiger partial charge in [0.25, 0.3) is 0 Å². The van der Waals surface area contributed by atoms with Crippen LogP contribution in [0.25, 0.3) is 0 Å². The van der Waals surface area contributed by atoms with Crippen LogP contribution in [0.4, 0.5) is 0 Å². The number of hydrogen-bond acceptors (Lipinski definition) is 3. The Labute approximate surface area is 70.3 Å². The van der Waals surface area contributed by atoms with Crippen molar-refractivity contribution < 1.29 is 9.90 Å². The first-order valence-electron chi connectivity index (χ1n) is 3.18. The van der Waals surface area contributed by atoms with Crippen LogP contribution >= 0.6 is 12.6 Å². The standard InChI is InChI=1S/C8H8O2S/c9-4-3-6-5-7(10)1-2-8(6)11/h1-2,4-5,10-11H,3H2. The normalized spacial score (nSPS) is 9.55. The average Bonchev–Trinajstić information content (AvgIpc) is 1.98. The van der Waals surface area contributed by atoms with Gasteiger partial charge in [0, 0.05) is 11.3 Å². The summed E-state index contributed by atoms with van der Waals surface area (Å²) in [4.78, 5) is 10.9. The van der Waals surface area contributed by atoms with Crippen molar-refractivity contribution in [3.05, 3.63) is 23.8 Å². The zero-order chi connectivity index (χ0) is 8.27. The summed E-state index contributed by atoms with van der Waals surface area (Å²) in [5.41, 5.74) is 0.753. The number of thiol groups is 1. The molecule has 0 aliphatic carbocycles. The number of aromatic hydroxyl groups is 1. The van der Waals surface area contributed by atoms with Crippen molar-refractivity contribution >= 4 is 18.9 Å². The number of aldehydes is 1. The minimum absolute atomic E-state index is 0.166. The lowest BCUT2D eigenvalue weighted by molar-refractivity contribution is -0.107. The van der Waals surface area contributed by atoms with Gasteiger partial charge in [0.1, 0.15) is 12.0 Å². The molecule has 1 aromatic carbocycles. The van der Waals surface area contributed by atoms with Gasteiger partial charge in [-0.15, -0.1) is 12.6 Å². The predicted octanol–water partition coefficient (Wildman–Crippen LogP) is 1.42. The maximum absolute atomic E-state index is 10.1. The molecule has 0 bridgehead atoms. The highest BCUT2D eigenvalue weighted by atomic mass is 32.1. The van der Waals surface area contributed by atoms with Crippen molar-refractivity contribution in [2.45, 2.75) is 11.3 Å². The molecule has 0 radical (unpaired) electrons. The largest absolute Gasteiger partial charge is 0.508 e. The van der Waals surface area contributed by atoms with E-state index in [0.717, 1.165) is 16.7 Å². The van der Waals surface area contributed by atoms with E-state index in [-0.39, 0.29) is 5.75 Å². The predicted molar refractivity (Wildman–Crippen MR) is 45.1 cm³/mol. The van der Waals surface area contributed by atoms with Gasteiger partial charge in [0.05, 0.1) is 0 Å². The van der Waals surface area contributed by atoms with E-state index in [1.54, 1.807) is 6.07 Å². The zero-order valence-electron chi connectivity index (χ0n) is 5.82. The molecule has 3 heteroatoms. The molecule has 2 nitrogen and oxygen atoms in total. The third-order valence-corrected chi connectivity index (χ3v) is 1.80. The van der Waals surface area contributed by atoms with E-state index in [1.165, 1.54) is 12.1 Å². The van der Waals surface area contributed by atoms with Crippen molar-refractivity contribution in [3.63, 3.8) is 0 Å². The van der Waals surface area contributed by atoms with E-state index < -0.39 is 0 Å². The molecular weight excluding hydrogens is 160 g/mol. The molecule has 0 saturated carbocycles. The lowest BCUT2D eigenvalue weighted by atomic mass is 10.1. The fourth-order valence-electron chi connectivity index (χ4n) is 0.825. The number of carbonyl (C=O) groups excluding carboxylic acids is 1. The molecule has 58 valence electrons. The number of phenols is 1. The Bertz CT molecular complexity index is 271. The summed E-state index contributed by atoms with van der Waals surface area (Å²) >= 11 is 4.11. The number of carbonyl (C=O) groups is 1. The zero-order valence-corrected chi connectivity index (χ0v) is 6.71. The van der Waals surface area contributed by atoms with Gasteiger partial charge in [-0.1, -0.05) is 0 Å². The van der Waals surface area contributed by atoms with Crippen molar-refractivity contribution in [3.8, 4) is 5.75 Å². The van der Waals surface area contributed by atoms with Gasteiger partial charge in [-0.05, 0) is 23.8 Å². The monoisotopic (exact) mass is 168 g/mol. The Kier molecular flexibility index (Phi) is 2.54. The Morgan fingerprint density at radius 2 is 2.27 bits per heavy atom. The summed E-state index contributed by atoms with van der Waals surface area (Å²) in [5, 5.41) is 9.01. The van der Waals surface area contributed by atoms with Crippen molar-refractivity contribution in [2.75, 3.05) is 0 Å². The molecule has 0 heterocycles. The smallest absolute Gasteiger partial charge is 0.124 e. The fraction of sp³-hybridized carbons (Fsp3) is 0.125. The first kappa shape index (κ1) is 8.14. The molecule has 11 heavy (non-hydrogen) atoms. The molecule has 0 aromatic heterocycles. The highest BCUT2D eigenvalue weighted by Gasteiger charge is 1.98. The van der Waals surface area contributed by atoms with Crippen LogP contribution in [0, 0.1) is 0 Å². The third-order valence-electron chi connectivity index (χ3n) is 1.37. The van der Waals surface area contributed by atoms with E-state index in [9.17, 15) is 4.79 Å². The Balaban J connectivity index is 3.01. The van der Waals surface area contributed by atoms with Crippen molar-refractivity contribution in [1.82, 2.24) is 0 Å². The van der Waals surface area contributed by atoms with Crippen LogP contribution in [0.5, 0.6) is 5.75 Å². The quantitative estimate of drug-likeness (QED) is 0.517. The molecule has 0 aliphatic rings. The Morgan fingerprint density at radius 1 is 1.55 bits per heavy atom. The first-order chi connectivity index (χ1) is 5.24. The number of rotatable bonds is 2. The Morgan fingerprint density at radius 3 is 2.91 bits per heavy atom. The fourth-order valence-corrected chi connectivity index (χ4v) is 1.06. The van der Waals surface area contributed by atoms with Crippen LogP contribution in [-0.2, 0) is 11.2 Å². The molecule has 0 atom stereocenters. The summed E-state index contributed by atoms with van der Waals surface area (Å²) in [7, 11) is 0. The van der Waals surface area contributed by atoms with Crippen LogP contribution in [0.3, 0.4) is 0 Å². The van der Waals surface area contributed by atoms with E-state index in [2.05, 4.69) is 12.6 Å². The maximum Gasteiger partial charge on any atom is 0.124 e. The molecule has 0 spiro atoms. The lowest BCUT2D eigenvalue weighted by Crippen LogP contribution is -1.86. The second-order valence-electron chi connectivity index (χ2n) is 2.18. The van der Waals surface area contributed by atoms with Crippen LogP contribution in [0.2, 0.25) is 0 Å². The summed E-state index contributed by atoms with van der Waals surface area (Å²) < 4.78 is 0. The second-order valence-corrected chi connectivity index (χ2v) is 2.67. The summed E-state index contributed by atoms with van der Waals surface area (Å²) in [6, 6.07) is 4.74. The van der Waals surface area contributed by atoms with E-state index in [1.807, 2.05) is 0 Å². The summed E-state index contributed by atoms with van der Waals surface area (Å²) in [6.45, 7) is 0. The van der Waals surface area contributed by atoms with Gasteiger partial charge < -0.3 is 9.90 Å².